The van der Waals surface area contributed by atoms with E-state index in [1.165, 1.54) is 0 Å². The number of esters is 1. The minimum Gasteiger partial charge on any atom is -0.461 e. The van der Waals surface area contributed by atoms with E-state index in [4.69, 9.17) is 21.2 Å². The van der Waals surface area contributed by atoms with E-state index >= 15 is 0 Å². The average molecular weight is 435 g/mol. The molecule has 1 fully saturated rings. The number of anilines is 1. The predicted octanol–water partition coefficient (Wildman–Crippen LogP) is 2.11. The third-order valence-electron chi connectivity index (χ3n) is 4.50. The van der Waals surface area contributed by atoms with E-state index in [9.17, 15) is 22.8 Å². The second-order valence-electron chi connectivity index (χ2n) is 6.40. The summed E-state index contributed by atoms with van der Waals surface area (Å²) >= 11 is 5.98. The van der Waals surface area contributed by atoms with Gasteiger partial charge in [-0.2, -0.15) is 13.2 Å². The number of piperazine rings is 1. The van der Waals surface area contributed by atoms with Gasteiger partial charge in [-0.3, -0.25) is 4.79 Å². The number of alkyl halides is 3. The van der Waals surface area contributed by atoms with Gasteiger partial charge in [-0.05, 0) is 13.0 Å². The maximum Gasteiger partial charge on any atom is 0.417 e. The smallest absolute Gasteiger partial charge is 0.417 e. The van der Waals surface area contributed by atoms with Crippen LogP contribution >= 0.6 is 11.6 Å². The summed E-state index contributed by atoms with van der Waals surface area (Å²) in [5, 5.41) is 3.51. The maximum atomic E-state index is 12.7. The Balaban J connectivity index is 1.56. The Labute approximate surface area is 169 Å². The molecule has 8 nitrogen and oxygen atoms in total. The summed E-state index contributed by atoms with van der Waals surface area (Å²) in [4.78, 5) is 36.4. The molecule has 0 unspecified atom stereocenters. The third kappa shape index (κ3) is 4.72. The molecule has 12 heteroatoms. The topological polar surface area (TPSA) is 84.3 Å². The Kier molecular flexibility index (Phi) is 6.15. The fourth-order valence-corrected chi connectivity index (χ4v) is 3.29. The fraction of sp³-hybridized carbons (Fsp3) is 0.529. The van der Waals surface area contributed by atoms with Crippen molar-refractivity contribution in [1.82, 2.24) is 9.88 Å². The van der Waals surface area contributed by atoms with Gasteiger partial charge in [0.25, 0.3) is 5.91 Å². The zero-order valence-corrected chi connectivity index (χ0v) is 16.2. The van der Waals surface area contributed by atoms with Crippen LogP contribution in [0, 0.1) is 0 Å². The number of rotatable bonds is 4. The Morgan fingerprint density at radius 3 is 2.59 bits per heavy atom. The van der Waals surface area contributed by atoms with Crippen LogP contribution < -0.4 is 4.90 Å². The molecule has 1 atom stereocenters. The summed E-state index contributed by atoms with van der Waals surface area (Å²) in [6, 6.07) is 0.835. The highest BCUT2D eigenvalue weighted by Crippen LogP contribution is 2.33. The second-order valence-corrected chi connectivity index (χ2v) is 6.80. The lowest BCUT2D eigenvalue weighted by atomic mass is 10.1. The second kappa shape index (κ2) is 8.44. The lowest BCUT2D eigenvalue weighted by Gasteiger charge is -2.36. The molecule has 0 bridgehead atoms. The number of oxime groups is 1. The molecular formula is C17H18ClF3N4O4. The highest BCUT2D eigenvalue weighted by molar-refractivity contribution is 6.37. The Morgan fingerprint density at radius 2 is 2.00 bits per heavy atom. The largest absolute Gasteiger partial charge is 0.461 e. The van der Waals surface area contributed by atoms with Crippen LogP contribution in [0.1, 0.15) is 18.9 Å². The molecule has 0 saturated carbocycles. The number of carbonyl (C=O) groups excluding carboxylic acids is 2. The molecule has 1 aromatic rings. The van der Waals surface area contributed by atoms with Crippen molar-refractivity contribution in [1.29, 1.82) is 0 Å². The van der Waals surface area contributed by atoms with Gasteiger partial charge < -0.3 is 19.4 Å². The van der Waals surface area contributed by atoms with E-state index in [1.807, 2.05) is 0 Å². The molecule has 0 radical (unpaired) electrons. The summed E-state index contributed by atoms with van der Waals surface area (Å²) in [7, 11) is 0. The fourth-order valence-electron chi connectivity index (χ4n) is 3.01. The number of amides is 1. The van der Waals surface area contributed by atoms with Crippen LogP contribution in [0.15, 0.2) is 17.4 Å². The molecular weight excluding hydrogens is 417 g/mol. The summed E-state index contributed by atoms with van der Waals surface area (Å²) < 4.78 is 43.1. The minimum atomic E-state index is -4.52. The Morgan fingerprint density at radius 1 is 1.31 bits per heavy atom. The molecule has 0 aromatic carbocycles. The van der Waals surface area contributed by atoms with Crippen molar-refractivity contribution in [3.63, 3.8) is 0 Å². The molecule has 0 N–H and O–H groups in total. The number of pyridine rings is 1. The molecule has 3 rings (SSSR count). The van der Waals surface area contributed by atoms with Crippen LogP contribution in [-0.4, -0.2) is 66.4 Å². The van der Waals surface area contributed by atoms with Gasteiger partial charge in [-0.25, -0.2) is 9.78 Å². The average Bonchev–Trinajstić information content (AvgIpc) is 3.17. The van der Waals surface area contributed by atoms with Crippen molar-refractivity contribution >= 4 is 35.0 Å². The van der Waals surface area contributed by atoms with Crippen LogP contribution in [0.4, 0.5) is 19.0 Å². The molecule has 0 spiro atoms. The summed E-state index contributed by atoms with van der Waals surface area (Å²) in [6.45, 7) is 3.12. The van der Waals surface area contributed by atoms with Crippen molar-refractivity contribution < 1.29 is 32.3 Å². The van der Waals surface area contributed by atoms with E-state index < -0.39 is 23.8 Å². The van der Waals surface area contributed by atoms with Crippen molar-refractivity contribution in [2.45, 2.75) is 25.6 Å². The number of hydrogen-bond acceptors (Lipinski definition) is 7. The quantitative estimate of drug-likeness (QED) is 0.675. The standard InChI is InChI=1S/C17H18ClF3N4O4/c1-2-28-16(27)12-8-13(29-23-12)15(26)25-5-3-24(4-6-25)14-11(18)7-10(9-22-14)17(19,20)21/h7,9,13H,2-6,8H2,1H3/t13-/m0/s1. The van der Waals surface area contributed by atoms with Crippen molar-refractivity contribution in [3.8, 4) is 0 Å². The first-order valence-electron chi connectivity index (χ1n) is 8.87. The highest BCUT2D eigenvalue weighted by Gasteiger charge is 2.37. The van der Waals surface area contributed by atoms with Crippen LogP contribution in [0.3, 0.4) is 0 Å². The van der Waals surface area contributed by atoms with E-state index in [2.05, 4.69) is 10.1 Å². The summed E-state index contributed by atoms with van der Waals surface area (Å²) in [5.74, 6) is -0.702. The Bertz CT molecular complexity index is 825. The van der Waals surface area contributed by atoms with Gasteiger partial charge in [-0.15, -0.1) is 0 Å². The zero-order chi connectivity index (χ0) is 21.2. The molecule has 2 aliphatic rings. The van der Waals surface area contributed by atoms with E-state index in [-0.39, 0.29) is 35.5 Å². The third-order valence-corrected chi connectivity index (χ3v) is 4.77. The summed E-state index contributed by atoms with van der Waals surface area (Å²) in [6.07, 6.45) is -4.65. The first kappa shape index (κ1) is 21.2. The number of hydrogen-bond donors (Lipinski definition) is 0. The highest BCUT2D eigenvalue weighted by atomic mass is 35.5. The van der Waals surface area contributed by atoms with Gasteiger partial charge in [0.05, 0.1) is 17.2 Å². The molecule has 29 heavy (non-hydrogen) atoms. The molecule has 2 aliphatic heterocycles. The number of carbonyl (C=O) groups is 2. The predicted molar refractivity (Wildman–Crippen MR) is 96.6 cm³/mol. The van der Waals surface area contributed by atoms with Gasteiger partial charge in [0.2, 0.25) is 6.10 Å². The maximum absolute atomic E-state index is 12.7. The molecule has 1 saturated heterocycles. The van der Waals surface area contributed by atoms with Crippen LogP contribution in [-0.2, 0) is 25.3 Å². The number of halogens is 4. The SMILES string of the molecule is CCOC(=O)C1=NO[C@H](C(=O)N2CCN(c3ncc(C(F)(F)F)cc3Cl)CC2)C1. The van der Waals surface area contributed by atoms with Crippen molar-refractivity contribution in [2.75, 3.05) is 37.7 Å². The van der Waals surface area contributed by atoms with Gasteiger partial charge in [-0.1, -0.05) is 16.8 Å². The van der Waals surface area contributed by atoms with Gasteiger partial charge in [0.1, 0.15) is 5.82 Å². The molecule has 0 aliphatic carbocycles. The van der Waals surface area contributed by atoms with Crippen molar-refractivity contribution in [3.05, 3.63) is 22.8 Å². The van der Waals surface area contributed by atoms with E-state index in [0.29, 0.717) is 26.2 Å². The number of nitrogens with zero attached hydrogens (tertiary/aromatic N) is 4. The number of aromatic nitrogens is 1. The van der Waals surface area contributed by atoms with E-state index in [0.717, 1.165) is 12.3 Å². The summed E-state index contributed by atoms with van der Waals surface area (Å²) in [5.41, 5.74) is -0.861. The monoisotopic (exact) mass is 434 g/mol. The van der Waals surface area contributed by atoms with Crippen LogP contribution in [0.2, 0.25) is 5.02 Å². The zero-order valence-electron chi connectivity index (χ0n) is 15.4. The molecule has 1 aromatic heterocycles. The first-order chi connectivity index (χ1) is 13.7. The normalized spacial score (nSPS) is 19.6. The van der Waals surface area contributed by atoms with E-state index in [1.54, 1.807) is 16.7 Å². The van der Waals surface area contributed by atoms with Gasteiger partial charge in [0, 0.05) is 38.8 Å². The van der Waals surface area contributed by atoms with Crippen molar-refractivity contribution in [2.24, 2.45) is 5.16 Å². The van der Waals surface area contributed by atoms with Gasteiger partial charge >= 0.3 is 12.1 Å². The lowest BCUT2D eigenvalue weighted by molar-refractivity contribution is -0.142. The molecule has 158 valence electrons. The van der Waals surface area contributed by atoms with Gasteiger partial charge in [0.15, 0.2) is 5.71 Å². The Hall–Kier alpha value is -2.56. The lowest BCUT2D eigenvalue weighted by Crippen LogP contribution is -2.52. The first-order valence-corrected chi connectivity index (χ1v) is 9.24. The van der Waals surface area contributed by atoms with Crippen LogP contribution in [0.5, 0.6) is 0 Å². The van der Waals surface area contributed by atoms with Crippen LogP contribution in [0.25, 0.3) is 0 Å². The molecule has 3 heterocycles. The number of ether oxygens (including phenoxy) is 1. The molecule has 1 amide bonds. The minimum absolute atomic E-state index is 0.0319.